The molecular formula is C16H13FN2O2. The van der Waals surface area contributed by atoms with Gasteiger partial charge in [0.1, 0.15) is 0 Å². The van der Waals surface area contributed by atoms with Gasteiger partial charge < -0.3 is 9.26 Å². The second-order valence-corrected chi connectivity index (χ2v) is 4.60. The molecule has 0 saturated heterocycles. The summed E-state index contributed by atoms with van der Waals surface area (Å²) in [5, 5.41) is 3.83. The van der Waals surface area contributed by atoms with Crippen molar-refractivity contribution in [3.8, 4) is 17.2 Å². The zero-order chi connectivity index (χ0) is 14.7. The molecule has 3 rings (SSSR count). The number of nitrogens with zero attached hydrogens (tertiary/aromatic N) is 2. The van der Waals surface area contributed by atoms with Gasteiger partial charge in [-0.1, -0.05) is 35.0 Å². The summed E-state index contributed by atoms with van der Waals surface area (Å²) in [6, 6.07) is 13.9. The molecule has 0 atom stereocenters. The van der Waals surface area contributed by atoms with Crippen LogP contribution in [0.15, 0.2) is 53.1 Å². The lowest BCUT2D eigenvalue weighted by atomic mass is 10.1. The third-order valence-corrected chi connectivity index (χ3v) is 2.93. The number of para-hydroxylation sites is 1. The number of benzene rings is 2. The Morgan fingerprint density at radius 2 is 2.00 bits per heavy atom. The lowest BCUT2D eigenvalue weighted by Crippen LogP contribution is -1.99. The van der Waals surface area contributed by atoms with Crippen LogP contribution >= 0.6 is 0 Å². The molecule has 1 heterocycles. The van der Waals surface area contributed by atoms with Gasteiger partial charge in [-0.05, 0) is 31.2 Å². The van der Waals surface area contributed by atoms with E-state index in [1.54, 1.807) is 18.2 Å². The Morgan fingerprint density at radius 1 is 1.14 bits per heavy atom. The highest BCUT2D eigenvalue weighted by Crippen LogP contribution is 2.20. The molecule has 0 N–H and O–H groups in total. The van der Waals surface area contributed by atoms with Crippen LogP contribution in [0.3, 0.4) is 0 Å². The summed E-state index contributed by atoms with van der Waals surface area (Å²) in [5.74, 6) is 0.542. The van der Waals surface area contributed by atoms with E-state index >= 15 is 0 Å². The van der Waals surface area contributed by atoms with E-state index in [0.29, 0.717) is 11.7 Å². The van der Waals surface area contributed by atoms with Crippen LogP contribution in [-0.4, -0.2) is 10.1 Å². The van der Waals surface area contributed by atoms with Gasteiger partial charge in [-0.15, -0.1) is 0 Å². The van der Waals surface area contributed by atoms with E-state index in [2.05, 4.69) is 10.1 Å². The second-order valence-electron chi connectivity index (χ2n) is 4.60. The van der Waals surface area contributed by atoms with Crippen molar-refractivity contribution in [3.63, 3.8) is 0 Å². The number of aryl methyl sites for hydroxylation is 1. The van der Waals surface area contributed by atoms with E-state index in [1.165, 1.54) is 6.07 Å². The largest absolute Gasteiger partial charge is 0.482 e. The molecule has 4 nitrogen and oxygen atoms in total. The number of rotatable bonds is 4. The summed E-state index contributed by atoms with van der Waals surface area (Å²) < 4.78 is 23.9. The molecule has 5 heteroatoms. The molecule has 0 unspecified atom stereocenters. The summed E-state index contributed by atoms with van der Waals surface area (Å²) in [7, 11) is 0. The van der Waals surface area contributed by atoms with Crippen LogP contribution in [0.5, 0.6) is 5.75 Å². The monoisotopic (exact) mass is 284 g/mol. The molecule has 0 saturated carbocycles. The summed E-state index contributed by atoms with van der Waals surface area (Å²) in [5.41, 5.74) is 1.95. The van der Waals surface area contributed by atoms with Crippen molar-refractivity contribution in [2.45, 2.75) is 13.5 Å². The topological polar surface area (TPSA) is 48.2 Å². The van der Waals surface area contributed by atoms with Crippen LogP contribution in [0.4, 0.5) is 4.39 Å². The number of hydrogen-bond donors (Lipinski definition) is 0. The third-order valence-electron chi connectivity index (χ3n) is 2.93. The number of aromatic nitrogens is 2. The highest BCUT2D eigenvalue weighted by molar-refractivity contribution is 5.53. The SMILES string of the molecule is Cc1cccc(-c2nc(COc3ccccc3F)no2)c1. The van der Waals surface area contributed by atoms with Gasteiger partial charge in [-0.2, -0.15) is 4.98 Å². The zero-order valence-electron chi connectivity index (χ0n) is 11.4. The number of ether oxygens (including phenoxy) is 1. The van der Waals surface area contributed by atoms with Crippen LogP contribution < -0.4 is 4.74 Å². The first-order valence-corrected chi connectivity index (χ1v) is 6.49. The minimum absolute atomic E-state index is 0.0518. The van der Waals surface area contributed by atoms with Gasteiger partial charge >= 0.3 is 0 Å². The molecule has 0 aliphatic rings. The predicted octanol–water partition coefficient (Wildman–Crippen LogP) is 3.76. The van der Waals surface area contributed by atoms with Gasteiger partial charge in [0, 0.05) is 5.56 Å². The Bertz CT molecular complexity index is 755. The first-order valence-electron chi connectivity index (χ1n) is 6.49. The highest BCUT2D eigenvalue weighted by Gasteiger charge is 2.10. The van der Waals surface area contributed by atoms with Crippen molar-refractivity contribution in [2.75, 3.05) is 0 Å². The maximum Gasteiger partial charge on any atom is 0.258 e. The maximum absolute atomic E-state index is 13.4. The first-order chi connectivity index (χ1) is 10.2. The summed E-state index contributed by atoms with van der Waals surface area (Å²) in [6.45, 7) is 2.04. The van der Waals surface area contributed by atoms with Crippen molar-refractivity contribution < 1.29 is 13.7 Å². The van der Waals surface area contributed by atoms with E-state index in [4.69, 9.17) is 9.26 Å². The molecule has 2 aromatic carbocycles. The number of halogens is 1. The van der Waals surface area contributed by atoms with Crippen LogP contribution in [0.2, 0.25) is 0 Å². The molecule has 21 heavy (non-hydrogen) atoms. The molecule has 0 aliphatic carbocycles. The van der Waals surface area contributed by atoms with Gasteiger partial charge in [0.15, 0.2) is 18.2 Å². The van der Waals surface area contributed by atoms with E-state index in [1.807, 2.05) is 31.2 Å². The zero-order valence-corrected chi connectivity index (χ0v) is 11.4. The minimum Gasteiger partial charge on any atom is -0.482 e. The van der Waals surface area contributed by atoms with Crippen molar-refractivity contribution >= 4 is 0 Å². The highest BCUT2D eigenvalue weighted by atomic mass is 19.1. The fraction of sp³-hybridized carbons (Fsp3) is 0.125. The fourth-order valence-electron chi connectivity index (χ4n) is 1.91. The van der Waals surface area contributed by atoms with Crippen LogP contribution in [-0.2, 0) is 6.61 Å². The Morgan fingerprint density at radius 3 is 2.81 bits per heavy atom. The molecule has 3 aromatic rings. The fourth-order valence-corrected chi connectivity index (χ4v) is 1.91. The van der Waals surface area contributed by atoms with Crippen LogP contribution in [0.25, 0.3) is 11.5 Å². The van der Waals surface area contributed by atoms with Crippen molar-refractivity contribution in [2.24, 2.45) is 0 Å². The van der Waals surface area contributed by atoms with Crippen molar-refractivity contribution in [1.82, 2.24) is 10.1 Å². The van der Waals surface area contributed by atoms with Crippen molar-refractivity contribution in [3.05, 3.63) is 65.7 Å². The van der Waals surface area contributed by atoms with Gasteiger partial charge in [0.2, 0.25) is 5.82 Å². The minimum atomic E-state index is -0.417. The van der Waals surface area contributed by atoms with Crippen LogP contribution in [0, 0.1) is 12.7 Å². The molecule has 106 valence electrons. The molecular weight excluding hydrogens is 271 g/mol. The average molecular weight is 284 g/mol. The van der Waals surface area contributed by atoms with Gasteiger partial charge in [-0.3, -0.25) is 0 Å². The van der Waals surface area contributed by atoms with Gasteiger partial charge in [0.05, 0.1) is 0 Å². The summed E-state index contributed by atoms with van der Waals surface area (Å²) in [4.78, 5) is 4.24. The molecule has 0 bridgehead atoms. The van der Waals surface area contributed by atoms with E-state index in [-0.39, 0.29) is 12.4 Å². The summed E-state index contributed by atoms with van der Waals surface area (Å²) >= 11 is 0. The Hall–Kier alpha value is -2.69. The lowest BCUT2D eigenvalue weighted by Gasteiger charge is -2.03. The first kappa shape index (κ1) is 13.3. The Kier molecular flexibility index (Phi) is 3.64. The smallest absolute Gasteiger partial charge is 0.258 e. The van der Waals surface area contributed by atoms with Crippen molar-refractivity contribution in [1.29, 1.82) is 0 Å². The van der Waals surface area contributed by atoms with Crippen LogP contribution in [0.1, 0.15) is 11.4 Å². The standard InChI is InChI=1S/C16H13FN2O2/c1-11-5-4-6-12(9-11)16-18-15(19-21-16)10-20-14-8-3-2-7-13(14)17/h2-9H,10H2,1H3. The molecule has 0 fully saturated rings. The molecule has 0 amide bonds. The second kappa shape index (κ2) is 5.75. The third kappa shape index (κ3) is 3.08. The summed E-state index contributed by atoms with van der Waals surface area (Å²) in [6.07, 6.45) is 0. The molecule has 1 aromatic heterocycles. The van der Waals surface area contributed by atoms with E-state index < -0.39 is 5.82 Å². The molecule has 0 spiro atoms. The lowest BCUT2D eigenvalue weighted by molar-refractivity contribution is 0.274. The average Bonchev–Trinajstić information content (AvgIpc) is 2.95. The Balaban J connectivity index is 1.72. The van der Waals surface area contributed by atoms with E-state index in [9.17, 15) is 4.39 Å². The van der Waals surface area contributed by atoms with Gasteiger partial charge in [0.25, 0.3) is 5.89 Å². The number of hydrogen-bond acceptors (Lipinski definition) is 4. The Labute approximate surface area is 121 Å². The maximum atomic E-state index is 13.4. The van der Waals surface area contributed by atoms with Gasteiger partial charge in [-0.25, -0.2) is 4.39 Å². The molecule has 0 aliphatic heterocycles. The molecule has 0 radical (unpaired) electrons. The normalized spacial score (nSPS) is 10.6. The quantitative estimate of drug-likeness (QED) is 0.732. The predicted molar refractivity (Wildman–Crippen MR) is 75.2 cm³/mol. The van der Waals surface area contributed by atoms with E-state index in [0.717, 1.165) is 11.1 Å².